The Kier molecular flexibility index (Phi) is 4.64. The van der Waals surface area contributed by atoms with Crippen LogP contribution in [0.1, 0.15) is 4.88 Å². The van der Waals surface area contributed by atoms with Gasteiger partial charge in [0.05, 0.1) is 6.54 Å². The fourth-order valence-corrected chi connectivity index (χ4v) is 2.27. The minimum absolute atomic E-state index is 0.263. The van der Waals surface area contributed by atoms with Gasteiger partial charge in [0.25, 0.3) is 5.96 Å². The molecule has 1 aromatic heterocycles. The number of hydrazone groups is 1. The average molecular weight is 278 g/mol. The molecule has 0 aliphatic carbocycles. The van der Waals surface area contributed by atoms with E-state index in [1.807, 2.05) is 0 Å². The Labute approximate surface area is 107 Å². The summed E-state index contributed by atoms with van der Waals surface area (Å²) in [6, 6.07) is 0. The van der Waals surface area contributed by atoms with Crippen molar-refractivity contribution in [3.8, 4) is 0 Å². The predicted octanol–water partition coefficient (Wildman–Crippen LogP) is 1.34. The summed E-state index contributed by atoms with van der Waals surface area (Å²) < 4.78 is 0.450. The van der Waals surface area contributed by atoms with Gasteiger partial charge in [-0.3, -0.25) is 0 Å². The SMILES string of the molecule is CN(C)/C(=N\[N+](=O)[O-])N(C)Cc1cnc(Cl)s1. The van der Waals surface area contributed by atoms with Crippen LogP contribution < -0.4 is 0 Å². The highest BCUT2D eigenvalue weighted by Gasteiger charge is 2.15. The van der Waals surface area contributed by atoms with Crippen molar-refractivity contribution in [2.75, 3.05) is 21.1 Å². The summed E-state index contributed by atoms with van der Waals surface area (Å²) in [5.74, 6) is 0.263. The van der Waals surface area contributed by atoms with Crippen LogP contribution in [-0.2, 0) is 6.54 Å². The fraction of sp³-hybridized carbons (Fsp3) is 0.500. The lowest BCUT2D eigenvalue weighted by Gasteiger charge is -2.22. The minimum atomic E-state index is -0.717. The van der Waals surface area contributed by atoms with Gasteiger partial charge in [-0.25, -0.2) is 15.1 Å². The van der Waals surface area contributed by atoms with E-state index < -0.39 is 5.03 Å². The molecule has 0 atom stereocenters. The summed E-state index contributed by atoms with van der Waals surface area (Å²) in [5.41, 5.74) is 0. The highest BCUT2D eigenvalue weighted by atomic mass is 35.5. The van der Waals surface area contributed by atoms with Gasteiger partial charge in [-0.15, -0.1) is 11.3 Å². The van der Waals surface area contributed by atoms with E-state index in [0.29, 0.717) is 11.0 Å². The molecule has 0 amide bonds. The molecule has 1 rings (SSSR count). The lowest BCUT2D eigenvalue weighted by molar-refractivity contribution is -0.486. The Balaban J connectivity index is 2.79. The van der Waals surface area contributed by atoms with Crippen molar-refractivity contribution in [3.63, 3.8) is 0 Å². The molecule has 7 nitrogen and oxygen atoms in total. The van der Waals surface area contributed by atoms with Crippen LogP contribution >= 0.6 is 22.9 Å². The first kappa shape index (κ1) is 13.7. The molecule has 0 fully saturated rings. The van der Waals surface area contributed by atoms with E-state index in [1.165, 1.54) is 11.3 Å². The van der Waals surface area contributed by atoms with Gasteiger partial charge in [0.15, 0.2) is 9.50 Å². The second kappa shape index (κ2) is 5.78. The number of hydrogen-bond acceptors (Lipinski definition) is 4. The molecule has 0 unspecified atom stereocenters. The number of aromatic nitrogens is 1. The zero-order chi connectivity index (χ0) is 13.0. The molecule has 0 aromatic carbocycles. The van der Waals surface area contributed by atoms with Crippen LogP contribution in [-0.4, -0.2) is 46.9 Å². The molecule has 1 aromatic rings. The summed E-state index contributed by atoms with van der Waals surface area (Å²) >= 11 is 7.04. The molecule has 9 heteroatoms. The zero-order valence-corrected chi connectivity index (χ0v) is 11.2. The number of halogens is 1. The molecule has 0 saturated heterocycles. The molecule has 17 heavy (non-hydrogen) atoms. The van der Waals surface area contributed by atoms with Crippen molar-refractivity contribution in [1.82, 2.24) is 14.8 Å². The largest absolute Gasteiger partial charge is 0.344 e. The number of hydrogen-bond donors (Lipinski definition) is 0. The van der Waals surface area contributed by atoms with Gasteiger partial charge in [0.2, 0.25) is 0 Å². The Morgan fingerprint density at radius 2 is 2.29 bits per heavy atom. The van der Waals surface area contributed by atoms with E-state index in [-0.39, 0.29) is 5.96 Å². The highest BCUT2D eigenvalue weighted by molar-refractivity contribution is 7.15. The van der Waals surface area contributed by atoms with Crippen molar-refractivity contribution in [1.29, 1.82) is 0 Å². The van der Waals surface area contributed by atoms with Crippen molar-refractivity contribution >= 4 is 28.9 Å². The van der Waals surface area contributed by atoms with Gasteiger partial charge in [-0.2, -0.15) is 0 Å². The zero-order valence-electron chi connectivity index (χ0n) is 9.62. The smallest absolute Gasteiger partial charge is 0.273 e. The standard InChI is InChI=1S/C8H12ClN5O2S/c1-12(2)8(11-14(15)16)13(3)5-6-4-10-7(9)17-6/h4H,5H2,1-3H3/b11-8+. The third-order valence-corrected chi connectivity index (χ3v) is 2.93. The second-order valence-electron chi connectivity index (χ2n) is 3.47. The van der Waals surface area contributed by atoms with Crippen LogP contribution in [0.15, 0.2) is 11.3 Å². The lowest BCUT2D eigenvalue weighted by Crippen LogP contribution is -2.38. The highest BCUT2D eigenvalue weighted by Crippen LogP contribution is 2.19. The molecule has 0 radical (unpaired) electrons. The van der Waals surface area contributed by atoms with E-state index in [4.69, 9.17) is 11.6 Å². The molecule has 94 valence electrons. The van der Waals surface area contributed by atoms with Crippen molar-refractivity contribution < 1.29 is 5.03 Å². The van der Waals surface area contributed by atoms with E-state index in [2.05, 4.69) is 10.1 Å². The Morgan fingerprint density at radius 3 is 2.71 bits per heavy atom. The van der Waals surface area contributed by atoms with Gasteiger partial charge < -0.3 is 9.80 Å². The molecule has 1 heterocycles. The fourth-order valence-electron chi connectivity index (χ4n) is 1.24. The first-order valence-corrected chi connectivity index (χ1v) is 5.81. The Hall–Kier alpha value is -1.41. The summed E-state index contributed by atoms with van der Waals surface area (Å²) in [7, 11) is 5.10. The predicted molar refractivity (Wildman–Crippen MR) is 66.7 cm³/mol. The molecular formula is C8H12ClN5O2S. The molecule has 0 bridgehead atoms. The molecule has 0 spiro atoms. The van der Waals surface area contributed by atoms with Gasteiger partial charge in [0, 0.05) is 32.2 Å². The topological polar surface area (TPSA) is 74.9 Å². The number of nitrogens with zero attached hydrogens (tertiary/aromatic N) is 5. The Bertz CT molecular complexity index is 433. The van der Waals surface area contributed by atoms with E-state index >= 15 is 0 Å². The first-order chi connectivity index (χ1) is 7.90. The first-order valence-electron chi connectivity index (χ1n) is 4.62. The van der Waals surface area contributed by atoms with Crippen molar-refractivity contribution in [2.45, 2.75) is 6.54 Å². The quantitative estimate of drug-likeness (QED) is 0.361. The summed E-state index contributed by atoms with van der Waals surface area (Å²) in [6.45, 7) is 0.468. The summed E-state index contributed by atoms with van der Waals surface area (Å²) in [5, 5.41) is 13.0. The number of thiazole rings is 1. The van der Waals surface area contributed by atoms with Crippen molar-refractivity contribution in [2.24, 2.45) is 5.10 Å². The maximum Gasteiger partial charge on any atom is 0.273 e. The average Bonchev–Trinajstić information content (AvgIpc) is 2.59. The van der Waals surface area contributed by atoms with Gasteiger partial charge in [-0.1, -0.05) is 11.6 Å². The van der Waals surface area contributed by atoms with Crippen LogP contribution in [0.5, 0.6) is 0 Å². The molecule has 0 aliphatic heterocycles. The summed E-state index contributed by atoms with van der Waals surface area (Å²) in [4.78, 5) is 18.5. The molecule has 0 saturated carbocycles. The minimum Gasteiger partial charge on any atom is -0.344 e. The van der Waals surface area contributed by atoms with Crippen LogP contribution in [0.25, 0.3) is 0 Å². The van der Waals surface area contributed by atoms with Crippen molar-refractivity contribution in [3.05, 3.63) is 25.7 Å². The van der Waals surface area contributed by atoms with Crippen LogP contribution in [0.2, 0.25) is 4.47 Å². The van der Waals surface area contributed by atoms with E-state index in [9.17, 15) is 10.1 Å². The van der Waals surface area contributed by atoms with Gasteiger partial charge in [0.1, 0.15) is 5.10 Å². The number of guanidine groups is 1. The maximum absolute atomic E-state index is 10.4. The molecular weight excluding hydrogens is 266 g/mol. The maximum atomic E-state index is 10.4. The van der Waals surface area contributed by atoms with Gasteiger partial charge in [-0.05, 0) is 0 Å². The molecule has 0 aliphatic rings. The van der Waals surface area contributed by atoms with Crippen LogP contribution in [0.4, 0.5) is 0 Å². The van der Waals surface area contributed by atoms with E-state index in [1.54, 1.807) is 37.1 Å². The van der Waals surface area contributed by atoms with E-state index in [0.717, 1.165) is 4.88 Å². The lowest BCUT2D eigenvalue weighted by atomic mass is 10.5. The second-order valence-corrected chi connectivity index (χ2v) is 5.17. The van der Waals surface area contributed by atoms with Crippen LogP contribution in [0.3, 0.4) is 0 Å². The normalized spacial score (nSPS) is 11.4. The monoisotopic (exact) mass is 277 g/mol. The number of rotatable bonds is 3. The summed E-state index contributed by atoms with van der Waals surface area (Å²) in [6.07, 6.45) is 1.64. The van der Waals surface area contributed by atoms with Crippen LogP contribution in [0, 0.1) is 10.1 Å². The third-order valence-electron chi connectivity index (χ3n) is 1.83. The van der Waals surface area contributed by atoms with Gasteiger partial charge >= 0.3 is 0 Å². The number of nitro groups is 1. The third kappa shape index (κ3) is 4.16. The molecule has 0 N–H and O–H groups in total. The Morgan fingerprint density at radius 1 is 1.65 bits per heavy atom.